The molecule has 1 amide bonds. The van der Waals surface area contributed by atoms with Crippen LogP contribution in [0, 0.1) is 19.8 Å². The first-order chi connectivity index (χ1) is 12.5. The number of piperidine rings is 1. The van der Waals surface area contributed by atoms with Crippen LogP contribution in [0.1, 0.15) is 54.8 Å². The lowest BCUT2D eigenvalue weighted by atomic mass is 9.90. The first-order valence-electron chi connectivity index (χ1n) is 9.78. The molecule has 26 heavy (non-hydrogen) atoms. The molecule has 3 rings (SSSR count). The molecule has 1 atom stereocenters. The lowest BCUT2D eigenvalue weighted by Gasteiger charge is -2.37. The number of aliphatic carboxylic acids is 1. The summed E-state index contributed by atoms with van der Waals surface area (Å²) in [4.78, 5) is 27.8. The van der Waals surface area contributed by atoms with Crippen LogP contribution in [0.2, 0.25) is 0 Å². The molecule has 2 saturated heterocycles. The van der Waals surface area contributed by atoms with Gasteiger partial charge >= 0.3 is 5.97 Å². The minimum absolute atomic E-state index is 0.295. The largest absolute Gasteiger partial charge is 0.480 e. The van der Waals surface area contributed by atoms with E-state index in [9.17, 15) is 14.7 Å². The number of rotatable bonds is 6. The number of carboxylic acids is 1. The van der Waals surface area contributed by atoms with E-state index in [0.717, 1.165) is 68.6 Å². The van der Waals surface area contributed by atoms with Gasteiger partial charge in [-0.15, -0.1) is 0 Å². The molecule has 0 spiro atoms. The minimum Gasteiger partial charge on any atom is -0.480 e. The number of hydrogen-bond acceptors (Lipinski definition) is 3. The number of aryl methyl sites for hydroxylation is 1. The Hall–Kier alpha value is -1.88. The van der Waals surface area contributed by atoms with Crippen molar-refractivity contribution >= 4 is 11.9 Å². The van der Waals surface area contributed by atoms with E-state index in [4.69, 9.17) is 0 Å². The quantitative estimate of drug-likeness (QED) is 0.849. The van der Waals surface area contributed by atoms with E-state index < -0.39 is 12.0 Å². The number of hydrogen-bond donors (Lipinski definition) is 1. The third-order valence-electron chi connectivity index (χ3n) is 6.17. The van der Waals surface area contributed by atoms with Crippen molar-refractivity contribution in [2.75, 3.05) is 26.2 Å². The monoisotopic (exact) mass is 358 g/mol. The Morgan fingerprint density at radius 3 is 2.58 bits per heavy atom. The number of likely N-dealkylation sites (tertiary alicyclic amines) is 2. The average molecular weight is 358 g/mol. The van der Waals surface area contributed by atoms with E-state index in [1.165, 1.54) is 0 Å². The molecule has 1 aromatic carbocycles. The van der Waals surface area contributed by atoms with Gasteiger partial charge in [-0.3, -0.25) is 14.5 Å². The van der Waals surface area contributed by atoms with Gasteiger partial charge in [0.15, 0.2) is 0 Å². The van der Waals surface area contributed by atoms with Gasteiger partial charge in [-0.05, 0) is 75.2 Å². The van der Waals surface area contributed by atoms with Crippen LogP contribution in [0.5, 0.6) is 0 Å². The number of benzene rings is 1. The highest BCUT2D eigenvalue weighted by Crippen LogP contribution is 2.31. The summed E-state index contributed by atoms with van der Waals surface area (Å²) in [6, 6.07) is 5.37. The first kappa shape index (κ1) is 18.9. The SMILES string of the molecule is Cc1cccc([C@H](C(=O)O)N2CCC(CCN3CCCC3=O)CC2)c1C. The predicted molar refractivity (Wildman–Crippen MR) is 101 cm³/mol. The standard InChI is InChI=1S/C21H30N2O3/c1-15-5-3-6-18(16(15)2)20(21(25)26)23-13-9-17(10-14-23)8-12-22-11-4-7-19(22)24/h3,5-6,17,20H,4,7-14H2,1-2H3,(H,25,26)/t20-/m1/s1. The van der Waals surface area contributed by atoms with Gasteiger partial charge in [0, 0.05) is 19.5 Å². The fourth-order valence-corrected chi connectivity index (χ4v) is 4.33. The smallest absolute Gasteiger partial charge is 0.325 e. The Balaban J connectivity index is 1.59. The number of amides is 1. The lowest BCUT2D eigenvalue weighted by Crippen LogP contribution is -2.41. The molecule has 2 fully saturated rings. The zero-order valence-electron chi connectivity index (χ0n) is 15.9. The van der Waals surface area contributed by atoms with Gasteiger partial charge in [0.25, 0.3) is 0 Å². The van der Waals surface area contributed by atoms with Crippen LogP contribution in [0.15, 0.2) is 18.2 Å². The third-order valence-corrected chi connectivity index (χ3v) is 6.17. The number of carbonyl (C=O) groups is 2. The molecule has 0 saturated carbocycles. The molecule has 0 aliphatic carbocycles. The van der Waals surface area contributed by atoms with Gasteiger partial charge in [-0.1, -0.05) is 18.2 Å². The Morgan fingerprint density at radius 1 is 1.23 bits per heavy atom. The minimum atomic E-state index is -0.764. The maximum atomic E-state index is 12.0. The molecular formula is C21H30N2O3. The molecule has 2 heterocycles. The van der Waals surface area contributed by atoms with Crippen LogP contribution in [0.25, 0.3) is 0 Å². The molecule has 0 aromatic heterocycles. The maximum absolute atomic E-state index is 12.0. The second-order valence-electron chi connectivity index (χ2n) is 7.78. The van der Waals surface area contributed by atoms with Crippen LogP contribution in [0.4, 0.5) is 0 Å². The molecule has 0 unspecified atom stereocenters. The molecule has 0 bridgehead atoms. The summed E-state index contributed by atoms with van der Waals surface area (Å²) in [7, 11) is 0. The van der Waals surface area contributed by atoms with Gasteiger partial charge in [0.05, 0.1) is 0 Å². The van der Waals surface area contributed by atoms with Crippen molar-refractivity contribution in [1.82, 2.24) is 9.80 Å². The van der Waals surface area contributed by atoms with Crippen molar-refractivity contribution in [3.8, 4) is 0 Å². The summed E-state index contributed by atoms with van der Waals surface area (Å²) in [6.45, 7) is 7.43. The van der Waals surface area contributed by atoms with E-state index in [-0.39, 0.29) is 0 Å². The zero-order valence-corrected chi connectivity index (χ0v) is 15.9. The highest BCUT2D eigenvalue weighted by atomic mass is 16.4. The Labute approximate surface area is 156 Å². The van der Waals surface area contributed by atoms with Crippen molar-refractivity contribution < 1.29 is 14.7 Å². The average Bonchev–Trinajstić information content (AvgIpc) is 3.03. The van der Waals surface area contributed by atoms with Gasteiger partial charge in [-0.25, -0.2) is 0 Å². The van der Waals surface area contributed by atoms with Gasteiger partial charge in [-0.2, -0.15) is 0 Å². The fourth-order valence-electron chi connectivity index (χ4n) is 4.33. The van der Waals surface area contributed by atoms with Gasteiger partial charge in [0.2, 0.25) is 5.91 Å². The maximum Gasteiger partial charge on any atom is 0.325 e. The molecule has 2 aliphatic heterocycles. The second kappa shape index (κ2) is 8.21. The van der Waals surface area contributed by atoms with Crippen LogP contribution in [0.3, 0.4) is 0 Å². The molecule has 2 aliphatic rings. The molecule has 142 valence electrons. The third kappa shape index (κ3) is 4.09. The van der Waals surface area contributed by atoms with E-state index >= 15 is 0 Å². The van der Waals surface area contributed by atoms with E-state index in [2.05, 4.69) is 4.90 Å². The molecule has 5 heteroatoms. The Bertz CT molecular complexity index is 665. The van der Waals surface area contributed by atoms with Crippen LogP contribution in [-0.2, 0) is 9.59 Å². The van der Waals surface area contributed by atoms with Crippen LogP contribution >= 0.6 is 0 Å². The summed E-state index contributed by atoms with van der Waals surface area (Å²) >= 11 is 0. The highest BCUT2D eigenvalue weighted by Gasteiger charge is 2.32. The highest BCUT2D eigenvalue weighted by molar-refractivity contribution is 5.78. The molecule has 1 N–H and O–H groups in total. The first-order valence-corrected chi connectivity index (χ1v) is 9.78. The molecule has 1 aromatic rings. The Kier molecular flexibility index (Phi) is 5.97. The van der Waals surface area contributed by atoms with E-state index in [0.29, 0.717) is 18.2 Å². The van der Waals surface area contributed by atoms with Gasteiger partial charge in [0.1, 0.15) is 6.04 Å². The predicted octanol–water partition coefficient (Wildman–Crippen LogP) is 3.15. The lowest BCUT2D eigenvalue weighted by molar-refractivity contribution is -0.144. The van der Waals surface area contributed by atoms with Crippen molar-refractivity contribution in [1.29, 1.82) is 0 Å². The number of carboxylic acid groups (broad SMARTS) is 1. The summed E-state index contributed by atoms with van der Waals surface area (Å²) < 4.78 is 0. The summed E-state index contributed by atoms with van der Waals surface area (Å²) in [5.74, 6) is 0.121. The van der Waals surface area contributed by atoms with Crippen molar-refractivity contribution in [2.24, 2.45) is 5.92 Å². The molecule has 5 nitrogen and oxygen atoms in total. The molecule has 0 radical (unpaired) electrons. The fraction of sp³-hybridized carbons (Fsp3) is 0.619. The van der Waals surface area contributed by atoms with Crippen molar-refractivity contribution in [3.63, 3.8) is 0 Å². The van der Waals surface area contributed by atoms with Crippen molar-refractivity contribution in [3.05, 3.63) is 34.9 Å². The normalized spacial score (nSPS) is 20.5. The zero-order chi connectivity index (χ0) is 18.7. The molecular weight excluding hydrogens is 328 g/mol. The van der Waals surface area contributed by atoms with E-state index in [1.807, 2.05) is 36.9 Å². The number of carbonyl (C=O) groups excluding carboxylic acids is 1. The van der Waals surface area contributed by atoms with Crippen molar-refractivity contribution in [2.45, 2.75) is 52.0 Å². The van der Waals surface area contributed by atoms with Crippen LogP contribution < -0.4 is 0 Å². The second-order valence-corrected chi connectivity index (χ2v) is 7.78. The summed E-state index contributed by atoms with van der Waals surface area (Å²) in [5, 5.41) is 9.85. The van der Waals surface area contributed by atoms with Crippen LogP contribution in [-0.4, -0.2) is 53.0 Å². The topological polar surface area (TPSA) is 60.9 Å². The van der Waals surface area contributed by atoms with E-state index in [1.54, 1.807) is 0 Å². The summed E-state index contributed by atoms with van der Waals surface area (Å²) in [5.41, 5.74) is 3.13. The summed E-state index contributed by atoms with van der Waals surface area (Å²) in [6.07, 6.45) is 4.76. The Morgan fingerprint density at radius 2 is 1.96 bits per heavy atom. The number of nitrogens with zero attached hydrogens (tertiary/aromatic N) is 2. The van der Waals surface area contributed by atoms with Gasteiger partial charge < -0.3 is 10.0 Å².